The molecule has 0 aromatic heterocycles. The number of amides is 2. The third-order valence-electron chi connectivity index (χ3n) is 4.52. The van der Waals surface area contributed by atoms with Gasteiger partial charge in [0.2, 0.25) is 11.8 Å². The molecular weight excluding hydrogens is 292 g/mol. The van der Waals surface area contributed by atoms with Gasteiger partial charge in [-0.25, -0.2) is 8.42 Å². The Hall–Kier alpha value is -1.11. The van der Waals surface area contributed by atoms with Crippen LogP contribution in [0.1, 0.15) is 33.1 Å². The zero-order valence-electron chi connectivity index (χ0n) is 12.7. The molecule has 2 heterocycles. The van der Waals surface area contributed by atoms with Crippen molar-refractivity contribution in [2.75, 3.05) is 24.6 Å². The Labute approximate surface area is 126 Å². The van der Waals surface area contributed by atoms with Crippen molar-refractivity contribution < 1.29 is 18.0 Å². The molecule has 1 N–H and O–H groups in total. The molecule has 2 rings (SSSR count). The minimum Gasteiger partial charge on any atom is -0.344 e. The second kappa shape index (κ2) is 6.34. The molecule has 0 bridgehead atoms. The predicted octanol–water partition coefficient (Wildman–Crippen LogP) is 0.184. The summed E-state index contributed by atoms with van der Waals surface area (Å²) in [5.74, 6) is 0.284. The van der Waals surface area contributed by atoms with Crippen molar-refractivity contribution in [2.45, 2.75) is 39.2 Å². The number of nitrogens with zero attached hydrogens (tertiary/aromatic N) is 1. The minimum atomic E-state index is -2.94. The first-order valence-corrected chi connectivity index (χ1v) is 9.43. The predicted molar refractivity (Wildman–Crippen MR) is 79.3 cm³/mol. The van der Waals surface area contributed by atoms with Crippen molar-refractivity contribution in [3.05, 3.63) is 0 Å². The summed E-state index contributed by atoms with van der Waals surface area (Å²) in [6.45, 7) is 4.77. The first-order valence-electron chi connectivity index (χ1n) is 7.61. The van der Waals surface area contributed by atoms with Crippen LogP contribution in [0, 0.1) is 11.8 Å². The van der Waals surface area contributed by atoms with Crippen molar-refractivity contribution in [2.24, 2.45) is 11.8 Å². The van der Waals surface area contributed by atoms with Crippen LogP contribution in [-0.4, -0.2) is 55.8 Å². The van der Waals surface area contributed by atoms with E-state index >= 15 is 0 Å². The highest BCUT2D eigenvalue weighted by atomic mass is 32.2. The maximum absolute atomic E-state index is 12.6. The van der Waals surface area contributed by atoms with Crippen LogP contribution in [0.2, 0.25) is 0 Å². The fourth-order valence-corrected chi connectivity index (χ4v) is 4.83. The first-order chi connectivity index (χ1) is 9.82. The highest BCUT2D eigenvalue weighted by Gasteiger charge is 2.36. The molecular formula is C14H24N2O4S. The molecule has 0 spiro atoms. The zero-order valence-corrected chi connectivity index (χ0v) is 13.5. The van der Waals surface area contributed by atoms with Gasteiger partial charge in [0.05, 0.1) is 11.5 Å². The van der Waals surface area contributed by atoms with Crippen molar-refractivity contribution in [3.8, 4) is 0 Å². The number of hydrogen-bond acceptors (Lipinski definition) is 4. The Bertz CT molecular complexity index is 517. The lowest BCUT2D eigenvalue weighted by Gasteiger charge is -2.28. The normalized spacial score (nSPS) is 30.9. The topological polar surface area (TPSA) is 83.6 Å². The molecule has 7 heteroatoms. The Morgan fingerprint density at radius 2 is 2.10 bits per heavy atom. The van der Waals surface area contributed by atoms with E-state index in [1.165, 1.54) is 0 Å². The molecule has 2 aliphatic rings. The SMILES string of the molecule is CCC(C)C1NC(=O)CCN(CC2CCS(=O)(=O)C2)C1=O. The van der Waals surface area contributed by atoms with Gasteiger partial charge in [-0.1, -0.05) is 20.3 Å². The smallest absolute Gasteiger partial charge is 0.245 e. The Kier molecular flexibility index (Phi) is 4.91. The van der Waals surface area contributed by atoms with E-state index in [0.29, 0.717) is 19.5 Å². The fourth-order valence-electron chi connectivity index (χ4n) is 2.98. The van der Waals surface area contributed by atoms with Crippen LogP contribution < -0.4 is 5.32 Å². The third kappa shape index (κ3) is 3.96. The summed E-state index contributed by atoms with van der Waals surface area (Å²) in [4.78, 5) is 26.0. The standard InChI is InChI=1S/C14H24N2O4S/c1-3-10(2)13-14(18)16(6-4-12(17)15-13)8-11-5-7-21(19,20)9-11/h10-11,13H,3-9H2,1-2H3,(H,15,17). The second-order valence-electron chi connectivity index (χ2n) is 6.23. The summed E-state index contributed by atoms with van der Waals surface area (Å²) in [6, 6.07) is -0.483. The minimum absolute atomic E-state index is 0.00438. The van der Waals surface area contributed by atoms with E-state index in [2.05, 4.69) is 5.32 Å². The van der Waals surface area contributed by atoms with Crippen molar-refractivity contribution >= 4 is 21.7 Å². The van der Waals surface area contributed by atoms with E-state index in [4.69, 9.17) is 0 Å². The van der Waals surface area contributed by atoms with Gasteiger partial charge in [-0.3, -0.25) is 9.59 Å². The van der Waals surface area contributed by atoms with Crippen LogP contribution >= 0.6 is 0 Å². The third-order valence-corrected chi connectivity index (χ3v) is 6.36. The number of carbonyl (C=O) groups excluding carboxylic acids is 2. The van der Waals surface area contributed by atoms with Gasteiger partial charge >= 0.3 is 0 Å². The molecule has 0 aromatic rings. The molecule has 0 radical (unpaired) electrons. The molecule has 6 nitrogen and oxygen atoms in total. The van der Waals surface area contributed by atoms with Gasteiger partial charge in [-0.2, -0.15) is 0 Å². The van der Waals surface area contributed by atoms with Gasteiger partial charge < -0.3 is 10.2 Å². The summed E-state index contributed by atoms with van der Waals surface area (Å²) < 4.78 is 23.1. The van der Waals surface area contributed by atoms with Gasteiger partial charge in [0.1, 0.15) is 6.04 Å². The van der Waals surface area contributed by atoms with Gasteiger partial charge in [0.15, 0.2) is 9.84 Å². The molecule has 120 valence electrons. The van der Waals surface area contributed by atoms with E-state index < -0.39 is 15.9 Å². The highest BCUT2D eigenvalue weighted by Crippen LogP contribution is 2.22. The average Bonchev–Trinajstić information content (AvgIpc) is 2.71. The summed E-state index contributed by atoms with van der Waals surface area (Å²) in [5, 5.41) is 2.80. The number of sulfone groups is 1. The van der Waals surface area contributed by atoms with E-state index in [-0.39, 0.29) is 41.6 Å². The number of nitrogens with one attached hydrogen (secondary N) is 1. The van der Waals surface area contributed by atoms with Crippen molar-refractivity contribution in [1.29, 1.82) is 0 Å². The van der Waals surface area contributed by atoms with Crippen LogP contribution in [0.15, 0.2) is 0 Å². The lowest BCUT2D eigenvalue weighted by Crippen LogP contribution is -2.49. The van der Waals surface area contributed by atoms with E-state index in [1.807, 2.05) is 13.8 Å². The summed E-state index contributed by atoms with van der Waals surface area (Å²) >= 11 is 0. The molecule has 2 aliphatic heterocycles. The van der Waals surface area contributed by atoms with Crippen LogP contribution in [0.3, 0.4) is 0 Å². The van der Waals surface area contributed by atoms with Gasteiger partial charge in [-0.15, -0.1) is 0 Å². The number of hydrogen-bond donors (Lipinski definition) is 1. The summed E-state index contributed by atoms with van der Waals surface area (Å²) in [5.41, 5.74) is 0. The number of carbonyl (C=O) groups is 2. The zero-order chi connectivity index (χ0) is 15.6. The van der Waals surface area contributed by atoms with E-state index in [9.17, 15) is 18.0 Å². The Morgan fingerprint density at radius 3 is 2.67 bits per heavy atom. The lowest BCUT2D eigenvalue weighted by molar-refractivity contribution is -0.135. The summed E-state index contributed by atoms with van der Waals surface area (Å²) in [7, 11) is -2.94. The van der Waals surface area contributed by atoms with Gasteiger partial charge in [0.25, 0.3) is 0 Å². The van der Waals surface area contributed by atoms with E-state index in [0.717, 1.165) is 6.42 Å². The molecule has 21 heavy (non-hydrogen) atoms. The average molecular weight is 316 g/mol. The second-order valence-corrected chi connectivity index (χ2v) is 8.46. The quantitative estimate of drug-likeness (QED) is 0.802. The maximum Gasteiger partial charge on any atom is 0.245 e. The molecule has 2 fully saturated rings. The molecule has 0 aliphatic carbocycles. The molecule has 3 atom stereocenters. The fraction of sp³-hybridized carbons (Fsp3) is 0.857. The van der Waals surface area contributed by atoms with E-state index in [1.54, 1.807) is 4.90 Å². The number of rotatable bonds is 4. The molecule has 2 amide bonds. The van der Waals surface area contributed by atoms with Crippen molar-refractivity contribution in [3.63, 3.8) is 0 Å². The maximum atomic E-state index is 12.6. The highest BCUT2D eigenvalue weighted by molar-refractivity contribution is 7.91. The summed E-state index contributed by atoms with van der Waals surface area (Å²) in [6.07, 6.45) is 1.71. The van der Waals surface area contributed by atoms with Crippen molar-refractivity contribution in [1.82, 2.24) is 10.2 Å². The Morgan fingerprint density at radius 1 is 1.38 bits per heavy atom. The van der Waals surface area contributed by atoms with Crippen LogP contribution in [0.5, 0.6) is 0 Å². The monoisotopic (exact) mass is 316 g/mol. The van der Waals surface area contributed by atoms with Crippen LogP contribution in [-0.2, 0) is 19.4 Å². The molecule has 0 aromatic carbocycles. The molecule has 2 saturated heterocycles. The lowest BCUT2D eigenvalue weighted by atomic mass is 9.97. The first kappa shape index (κ1) is 16.3. The Balaban J connectivity index is 2.07. The molecule has 0 saturated carbocycles. The largest absolute Gasteiger partial charge is 0.344 e. The van der Waals surface area contributed by atoms with Gasteiger partial charge in [-0.05, 0) is 18.3 Å². The van der Waals surface area contributed by atoms with Gasteiger partial charge in [0, 0.05) is 19.5 Å². The van der Waals surface area contributed by atoms with Crippen LogP contribution in [0.25, 0.3) is 0 Å². The molecule has 3 unspecified atom stereocenters. The van der Waals surface area contributed by atoms with Crippen LogP contribution in [0.4, 0.5) is 0 Å².